The van der Waals surface area contributed by atoms with Crippen LogP contribution < -0.4 is 4.72 Å². The highest BCUT2D eigenvalue weighted by atomic mass is 32.2. The van der Waals surface area contributed by atoms with Crippen LogP contribution in [0, 0.1) is 18.3 Å². The summed E-state index contributed by atoms with van der Waals surface area (Å²) in [6.45, 7) is 1.68. The Labute approximate surface area is 110 Å². The van der Waals surface area contributed by atoms with Crippen molar-refractivity contribution in [2.75, 3.05) is 0 Å². The van der Waals surface area contributed by atoms with Crippen LogP contribution in [0.2, 0.25) is 0 Å². The van der Waals surface area contributed by atoms with Crippen molar-refractivity contribution in [2.24, 2.45) is 0 Å². The predicted molar refractivity (Wildman–Crippen MR) is 66.4 cm³/mol. The van der Waals surface area contributed by atoms with Crippen LogP contribution in [0.15, 0.2) is 39.8 Å². The number of nitrogens with one attached hydrogen (secondary N) is 1. The Hall–Kier alpha value is -2.17. The number of hydrogen-bond donors (Lipinski definition) is 1. The Morgan fingerprint density at radius 3 is 2.79 bits per heavy atom. The van der Waals surface area contributed by atoms with Gasteiger partial charge in [-0.3, -0.25) is 0 Å². The van der Waals surface area contributed by atoms with Gasteiger partial charge in [-0.15, -0.1) is 0 Å². The number of sulfonamides is 1. The van der Waals surface area contributed by atoms with Crippen molar-refractivity contribution in [1.82, 2.24) is 9.71 Å². The second-order valence-corrected chi connectivity index (χ2v) is 5.53. The summed E-state index contributed by atoms with van der Waals surface area (Å²) in [5.41, 5.74) is 0.585. The topological polar surface area (TPSA) is 96.0 Å². The van der Waals surface area contributed by atoms with E-state index in [4.69, 9.17) is 9.68 Å². The maximum atomic E-state index is 12.1. The first-order valence-electron chi connectivity index (χ1n) is 5.43. The normalized spacial score (nSPS) is 11.2. The van der Waals surface area contributed by atoms with E-state index in [1.807, 2.05) is 6.07 Å². The van der Waals surface area contributed by atoms with E-state index < -0.39 is 10.0 Å². The predicted octanol–water partition coefficient (Wildman–Crippen LogP) is 1.33. The number of aryl methyl sites for hydroxylation is 1. The van der Waals surface area contributed by atoms with Crippen molar-refractivity contribution < 1.29 is 12.8 Å². The van der Waals surface area contributed by atoms with Crippen LogP contribution >= 0.6 is 0 Å². The fourth-order valence-electron chi connectivity index (χ4n) is 1.53. The van der Waals surface area contributed by atoms with Gasteiger partial charge in [-0.05, 0) is 12.1 Å². The Bertz CT molecular complexity index is 729. The molecule has 2 rings (SSSR count). The minimum absolute atomic E-state index is 0.0133. The molecule has 0 aliphatic carbocycles. The molecule has 1 aromatic heterocycles. The van der Waals surface area contributed by atoms with Crippen LogP contribution in [-0.4, -0.2) is 13.4 Å². The molecule has 1 heterocycles. The molecule has 0 fully saturated rings. The molecule has 0 radical (unpaired) electrons. The van der Waals surface area contributed by atoms with Gasteiger partial charge >= 0.3 is 0 Å². The van der Waals surface area contributed by atoms with Crippen LogP contribution in [0.25, 0.3) is 0 Å². The van der Waals surface area contributed by atoms with Gasteiger partial charge in [-0.25, -0.2) is 18.1 Å². The van der Waals surface area contributed by atoms with E-state index >= 15 is 0 Å². The van der Waals surface area contributed by atoms with Crippen LogP contribution in [0.4, 0.5) is 0 Å². The first-order valence-corrected chi connectivity index (χ1v) is 6.91. The number of oxazole rings is 1. The van der Waals surface area contributed by atoms with Gasteiger partial charge < -0.3 is 4.42 Å². The lowest BCUT2D eigenvalue weighted by Gasteiger charge is -2.06. The summed E-state index contributed by atoms with van der Waals surface area (Å²) in [5, 5.41) is 8.90. The highest BCUT2D eigenvalue weighted by molar-refractivity contribution is 7.89. The largest absolute Gasteiger partial charge is 0.449 e. The monoisotopic (exact) mass is 277 g/mol. The van der Waals surface area contributed by atoms with E-state index in [-0.39, 0.29) is 17.0 Å². The van der Waals surface area contributed by atoms with Crippen molar-refractivity contribution >= 4 is 10.0 Å². The van der Waals surface area contributed by atoms with Crippen LogP contribution in [0.3, 0.4) is 0 Å². The molecule has 0 saturated carbocycles. The zero-order valence-electron chi connectivity index (χ0n) is 10.1. The second-order valence-electron chi connectivity index (χ2n) is 3.79. The lowest BCUT2D eigenvalue weighted by molar-refractivity contribution is 0.520. The molecular formula is C12H11N3O3S. The second kappa shape index (κ2) is 5.22. The van der Waals surface area contributed by atoms with Gasteiger partial charge in [-0.1, -0.05) is 12.1 Å². The number of hydrogen-bond acceptors (Lipinski definition) is 5. The molecule has 0 atom stereocenters. The fraction of sp³-hybridized carbons (Fsp3) is 0.167. The third-order valence-corrected chi connectivity index (χ3v) is 3.87. The Kier molecular flexibility index (Phi) is 3.64. The van der Waals surface area contributed by atoms with Crippen molar-refractivity contribution in [1.29, 1.82) is 5.26 Å². The van der Waals surface area contributed by atoms with E-state index in [0.717, 1.165) is 0 Å². The lowest BCUT2D eigenvalue weighted by atomic mass is 10.2. The molecule has 0 saturated heterocycles. The van der Waals surface area contributed by atoms with Gasteiger partial charge in [0.15, 0.2) is 5.89 Å². The van der Waals surface area contributed by atoms with Gasteiger partial charge in [0.05, 0.1) is 22.7 Å². The number of aromatic nitrogens is 1. The number of nitriles is 1. The molecule has 0 amide bonds. The molecule has 0 unspecified atom stereocenters. The van der Waals surface area contributed by atoms with Gasteiger partial charge in [0.25, 0.3) is 0 Å². The standard InChI is InChI=1S/C12H11N3O3S/c1-9-15-11(8-18-9)7-14-19(16,17)12-5-3-2-4-10(12)6-13/h2-5,8,14H,7H2,1H3. The van der Waals surface area contributed by atoms with E-state index in [9.17, 15) is 8.42 Å². The van der Waals surface area contributed by atoms with Gasteiger partial charge in [0.2, 0.25) is 10.0 Å². The summed E-state index contributed by atoms with van der Waals surface area (Å²) in [6.07, 6.45) is 1.38. The van der Waals surface area contributed by atoms with Gasteiger partial charge in [0.1, 0.15) is 12.3 Å². The summed E-state index contributed by atoms with van der Waals surface area (Å²) >= 11 is 0. The Balaban J connectivity index is 2.21. The first kappa shape index (κ1) is 13.3. The van der Waals surface area contributed by atoms with Crippen molar-refractivity contribution in [3.8, 4) is 6.07 Å². The number of nitrogens with zero attached hydrogens (tertiary/aromatic N) is 2. The third kappa shape index (κ3) is 2.99. The molecule has 0 aliphatic heterocycles. The SMILES string of the molecule is Cc1nc(CNS(=O)(=O)c2ccccc2C#N)co1. The molecule has 7 heteroatoms. The molecule has 98 valence electrons. The Morgan fingerprint density at radius 1 is 1.42 bits per heavy atom. The van der Waals surface area contributed by atoms with E-state index in [1.165, 1.54) is 18.4 Å². The summed E-state index contributed by atoms with van der Waals surface area (Å²) in [7, 11) is -3.75. The smallest absolute Gasteiger partial charge is 0.242 e. The summed E-state index contributed by atoms with van der Waals surface area (Å²) in [6, 6.07) is 7.86. The van der Waals surface area contributed by atoms with Crippen LogP contribution in [0.5, 0.6) is 0 Å². The zero-order chi connectivity index (χ0) is 13.9. The lowest BCUT2D eigenvalue weighted by Crippen LogP contribution is -2.24. The Morgan fingerprint density at radius 2 is 2.16 bits per heavy atom. The third-order valence-electron chi connectivity index (χ3n) is 2.41. The highest BCUT2D eigenvalue weighted by Gasteiger charge is 2.18. The maximum Gasteiger partial charge on any atom is 0.242 e. The molecule has 0 bridgehead atoms. The number of benzene rings is 1. The average Bonchev–Trinajstić information content (AvgIpc) is 2.82. The minimum Gasteiger partial charge on any atom is -0.449 e. The highest BCUT2D eigenvalue weighted by Crippen LogP contribution is 2.14. The summed E-state index contributed by atoms with van der Waals surface area (Å²) in [4.78, 5) is 3.95. The average molecular weight is 277 g/mol. The van der Waals surface area contributed by atoms with Crippen LogP contribution in [0.1, 0.15) is 17.1 Å². The van der Waals surface area contributed by atoms with Crippen molar-refractivity contribution in [3.63, 3.8) is 0 Å². The molecule has 6 nitrogen and oxygen atoms in total. The van der Waals surface area contributed by atoms with Crippen molar-refractivity contribution in [2.45, 2.75) is 18.4 Å². The van der Waals surface area contributed by atoms with Gasteiger partial charge in [-0.2, -0.15) is 5.26 Å². The van der Waals surface area contributed by atoms with Gasteiger partial charge in [0, 0.05) is 6.92 Å². The summed E-state index contributed by atoms with van der Waals surface area (Å²) < 4.78 is 31.5. The molecule has 2 aromatic rings. The quantitative estimate of drug-likeness (QED) is 0.909. The van der Waals surface area contributed by atoms with E-state index in [1.54, 1.807) is 19.1 Å². The maximum absolute atomic E-state index is 12.1. The van der Waals surface area contributed by atoms with Crippen molar-refractivity contribution in [3.05, 3.63) is 47.7 Å². The molecule has 0 aliphatic rings. The van der Waals surface area contributed by atoms with E-state index in [0.29, 0.717) is 11.6 Å². The molecule has 0 spiro atoms. The van der Waals surface area contributed by atoms with E-state index in [2.05, 4.69) is 9.71 Å². The fourth-order valence-corrected chi connectivity index (χ4v) is 2.68. The zero-order valence-corrected chi connectivity index (χ0v) is 10.9. The molecular weight excluding hydrogens is 266 g/mol. The number of rotatable bonds is 4. The minimum atomic E-state index is -3.75. The molecule has 19 heavy (non-hydrogen) atoms. The molecule has 1 aromatic carbocycles. The van der Waals surface area contributed by atoms with Crippen LogP contribution in [-0.2, 0) is 16.6 Å². The first-order chi connectivity index (χ1) is 9.03. The molecule has 1 N–H and O–H groups in total. The summed E-state index contributed by atoms with van der Waals surface area (Å²) in [5.74, 6) is 0.464.